The Kier molecular flexibility index (Phi) is 3.77. The maximum atomic E-state index is 11.6. The van der Waals surface area contributed by atoms with Crippen molar-refractivity contribution in [1.29, 1.82) is 0 Å². The second-order valence-electron chi connectivity index (χ2n) is 6.10. The van der Waals surface area contributed by atoms with Crippen LogP contribution in [-0.4, -0.2) is 40.8 Å². The van der Waals surface area contributed by atoms with Crippen LogP contribution in [0, 0.1) is 0 Å². The lowest BCUT2D eigenvalue weighted by molar-refractivity contribution is 0.0694. The molecule has 3 rings (SSSR count). The van der Waals surface area contributed by atoms with Crippen molar-refractivity contribution in [3.63, 3.8) is 0 Å². The highest BCUT2D eigenvalue weighted by atomic mass is 32.2. The van der Waals surface area contributed by atoms with Gasteiger partial charge in [0.2, 0.25) is 0 Å². The Hall–Kier alpha value is -1.37. The van der Waals surface area contributed by atoms with Crippen molar-refractivity contribution >= 4 is 15.8 Å². The molecular formula is C14H20N2O4S. The van der Waals surface area contributed by atoms with Crippen LogP contribution in [0.25, 0.3) is 0 Å². The number of sulfone groups is 1. The topological polar surface area (TPSA) is 89.3 Å². The number of nitrogens with zero attached hydrogens (tertiary/aromatic N) is 2. The molecule has 2 aliphatic rings. The van der Waals surface area contributed by atoms with Gasteiger partial charge < -0.3 is 5.11 Å². The molecule has 1 aromatic rings. The lowest BCUT2D eigenvalue weighted by Gasteiger charge is -2.20. The quantitative estimate of drug-likeness (QED) is 0.922. The molecule has 0 aromatic carbocycles. The number of aromatic carboxylic acids is 1. The molecule has 1 N–H and O–H groups in total. The van der Waals surface area contributed by atoms with Crippen molar-refractivity contribution in [2.45, 2.75) is 50.5 Å². The SMILES string of the molecule is O=C(O)c1cn(C2CCS(=O)(=O)C2)nc1C1CCCCC1. The first-order chi connectivity index (χ1) is 9.96. The van der Waals surface area contributed by atoms with Crippen LogP contribution < -0.4 is 0 Å². The molecule has 1 saturated heterocycles. The maximum Gasteiger partial charge on any atom is 0.339 e. The van der Waals surface area contributed by atoms with Crippen LogP contribution in [0.4, 0.5) is 0 Å². The van der Waals surface area contributed by atoms with Crippen LogP contribution in [-0.2, 0) is 9.84 Å². The fourth-order valence-electron chi connectivity index (χ4n) is 3.42. The molecule has 0 spiro atoms. The average Bonchev–Trinajstić information content (AvgIpc) is 3.03. The minimum absolute atomic E-state index is 0.0673. The Morgan fingerprint density at radius 3 is 2.52 bits per heavy atom. The first-order valence-corrected chi connectivity index (χ1v) is 9.31. The van der Waals surface area contributed by atoms with Gasteiger partial charge in [0.1, 0.15) is 5.56 Å². The molecule has 2 fully saturated rings. The molecule has 21 heavy (non-hydrogen) atoms. The highest BCUT2D eigenvalue weighted by Gasteiger charge is 2.32. The molecule has 1 aliphatic carbocycles. The van der Waals surface area contributed by atoms with Gasteiger partial charge in [0.25, 0.3) is 0 Å². The Morgan fingerprint density at radius 2 is 1.95 bits per heavy atom. The van der Waals surface area contributed by atoms with Crippen molar-refractivity contribution < 1.29 is 18.3 Å². The van der Waals surface area contributed by atoms with E-state index in [0.717, 1.165) is 25.7 Å². The molecule has 0 radical (unpaired) electrons. The Morgan fingerprint density at radius 1 is 1.24 bits per heavy atom. The number of aromatic nitrogens is 2. The molecule has 1 atom stereocenters. The molecule has 1 unspecified atom stereocenters. The summed E-state index contributed by atoms with van der Waals surface area (Å²) < 4.78 is 24.7. The highest BCUT2D eigenvalue weighted by Crippen LogP contribution is 2.34. The normalized spacial score (nSPS) is 26.0. The van der Waals surface area contributed by atoms with E-state index in [4.69, 9.17) is 0 Å². The minimum Gasteiger partial charge on any atom is -0.478 e. The fraction of sp³-hybridized carbons (Fsp3) is 0.714. The summed E-state index contributed by atoms with van der Waals surface area (Å²) in [5.41, 5.74) is 0.887. The second kappa shape index (κ2) is 5.44. The van der Waals surface area contributed by atoms with E-state index in [1.165, 1.54) is 12.6 Å². The summed E-state index contributed by atoms with van der Waals surface area (Å²) in [6, 6.07) is -0.217. The van der Waals surface area contributed by atoms with Crippen LogP contribution in [0.2, 0.25) is 0 Å². The van der Waals surface area contributed by atoms with E-state index in [9.17, 15) is 18.3 Å². The Labute approximate surface area is 124 Å². The number of hydrogen-bond donors (Lipinski definition) is 1. The summed E-state index contributed by atoms with van der Waals surface area (Å²) >= 11 is 0. The van der Waals surface area contributed by atoms with Gasteiger partial charge in [-0.3, -0.25) is 4.68 Å². The van der Waals surface area contributed by atoms with Gasteiger partial charge in [0, 0.05) is 12.1 Å². The van der Waals surface area contributed by atoms with Gasteiger partial charge in [-0.1, -0.05) is 19.3 Å². The first-order valence-electron chi connectivity index (χ1n) is 7.49. The molecule has 116 valence electrons. The summed E-state index contributed by atoms with van der Waals surface area (Å²) in [7, 11) is -3.00. The fourth-order valence-corrected chi connectivity index (χ4v) is 5.12. The van der Waals surface area contributed by atoms with Crippen molar-refractivity contribution in [3.05, 3.63) is 17.5 Å². The summed E-state index contributed by atoms with van der Waals surface area (Å²) in [4.78, 5) is 11.4. The second-order valence-corrected chi connectivity index (χ2v) is 8.33. The lowest BCUT2D eigenvalue weighted by Crippen LogP contribution is -2.13. The Bertz CT molecular complexity index is 644. The predicted octanol–water partition coefficient (Wildman–Crippen LogP) is 1.99. The number of carboxylic acid groups (broad SMARTS) is 1. The third-order valence-corrected chi connectivity index (χ3v) is 6.32. The molecular weight excluding hydrogens is 292 g/mol. The maximum absolute atomic E-state index is 11.6. The molecule has 1 aliphatic heterocycles. The summed E-state index contributed by atoms with van der Waals surface area (Å²) in [6.45, 7) is 0. The van der Waals surface area contributed by atoms with Gasteiger partial charge in [-0.25, -0.2) is 13.2 Å². The van der Waals surface area contributed by atoms with E-state index in [0.29, 0.717) is 12.1 Å². The van der Waals surface area contributed by atoms with Gasteiger partial charge in [0.05, 0.1) is 23.2 Å². The van der Waals surface area contributed by atoms with Gasteiger partial charge >= 0.3 is 5.97 Å². The van der Waals surface area contributed by atoms with E-state index in [1.807, 2.05) is 0 Å². The monoisotopic (exact) mass is 312 g/mol. The number of carboxylic acids is 1. The number of carbonyl (C=O) groups is 1. The van der Waals surface area contributed by atoms with Gasteiger partial charge in [-0.2, -0.15) is 5.10 Å². The van der Waals surface area contributed by atoms with Crippen LogP contribution in [0.3, 0.4) is 0 Å². The summed E-state index contributed by atoms with van der Waals surface area (Å²) in [5, 5.41) is 13.9. The molecule has 7 heteroatoms. The van der Waals surface area contributed by atoms with Crippen molar-refractivity contribution in [1.82, 2.24) is 9.78 Å². The Balaban J connectivity index is 1.91. The number of rotatable bonds is 3. The third-order valence-electron chi connectivity index (χ3n) is 4.57. The van der Waals surface area contributed by atoms with Crippen LogP contribution >= 0.6 is 0 Å². The van der Waals surface area contributed by atoms with Gasteiger partial charge in [0.15, 0.2) is 9.84 Å². The predicted molar refractivity (Wildman–Crippen MR) is 77.3 cm³/mol. The molecule has 0 amide bonds. The van der Waals surface area contributed by atoms with E-state index in [-0.39, 0.29) is 29.0 Å². The molecule has 1 aromatic heterocycles. The van der Waals surface area contributed by atoms with Crippen LogP contribution in [0.15, 0.2) is 6.20 Å². The smallest absolute Gasteiger partial charge is 0.339 e. The van der Waals surface area contributed by atoms with Crippen LogP contribution in [0.5, 0.6) is 0 Å². The molecule has 0 bridgehead atoms. The van der Waals surface area contributed by atoms with Crippen molar-refractivity contribution in [2.24, 2.45) is 0 Å². The van der Waals surface area contributed by atoms with E-state index in [1.54, 1.807) is 4.68 Å². The average molecular weight is 312 g/mol. The number of hydrogen-bond acceptors (Lipinski definition) is 4. The molecule has 1 saturated carbocycles. The lowest BCUT2D eigenvalue weighted by atomic mass is 9.85. The van der Waals surface area contributed by atoms with Gasteiger partial charge in [-0.15, -0.1) is 0 Å². The zero-order valence-electron chi connectivity index (χ0n) is 11.9. The van der Waals surface area contributed by atoms with E-state index in [2.05, 4.69) is 5.10 Å². The van der Waals surface area contributed by atoms with Crippen LogP contribution in [0.1, 0.15) is 66.5 Å². The largest absolute Gasteiger partial charge is 0.478 e. The zero-order chi connectivity index (χ0) is 15.0. The summed E-state index contributed by atoms with van der Waals surface area (Å²) in [6.07, 6.45) is 7.40. The highest BCUT2D eigenvalue weighted by molar-refractivity contribution is 7.91. The minimum atomic E-state index is -3.00. The van der Waals surface area contributed by atoms with Crippen molar-refractivity contribution in [3.8, 4) is 0 Å². The standard InChI is InChI=1S/C14H20N2O4S/c17-14(18)12-8-16(11-6-7-21(19,20)9-11)15-13(12)10-4-2-1-3-5-10/h8,10-11H,1-7,9H2,(H,17,18). The van der Waals surface area contributed by atoms with Gasteiger partial charge in [-0.05, 0) is 19.3 Å². The molecule has 6 nitrogen and oxygen atoms in total. The molecule has 2 heterocycles. The third kappa shape index (κ3) is 2.97. The first kappa shape index (κ1) is 14.6. The summed E-state index contributed by atoms with van der Waals surface area (Å²) in [5.74, 6) is -0.539. The van der Waals surface area contributed by atoms with E-state index >= 15 is 0 Å². The van der Waals surface area contributed by atoms with E-state index < -0.39 is 15.8 Å². The zero-order valence-corrected chi connectivity index (χ0v) is 12.7. The van der Waals surface area contributed by atoms with Crippen molar-refractivity contribution in [2.75, 3.05) is 11.5 Å².